The van der Waals surface area contributed by atoms with Gasteiger partial charge in [-0.05, 0) is 6.20 Å². The molecule has 1 amide bonds. The van der Waals surface area contributed by atoms with Gasteiger partial charge in [0.15, 0.2) is 6.10 Å². The number of rotatable bonds is 5. The summed E-state index contributed by atoms with van der Waals surface area (Å²) >= 11 is 0. The molecule has 5 N–H and O–H groups in total. The van der Waals surface area contributed by atoms with Gasteiger partial charge in [0, 0.05) is 0 Å². The minimum Gasteiger partial charge on any atom is -0.394 e. The summed E-state index contributed by atoms with van der Waals surface area (Å²) in [5, 5.41) is 37.3. The molecule has 0 saturated carbocycles. The minimum atomic E-state index is -1.79. The third-order valence-electron chi connectivity index (χ3n) is 1.42. The molecular formula is C7H13NO5. The molecule has 3 atom stereocenters. The van der Waals surface area contributed by atoms with Crippen molar-refractivity contribution in [3.8, 4) is 0 Å². The van der Waals surface area contributed by atoms with E-state index in [9.17, 15) is 4.79 Å². The van der Waals surface area contributed by atoms with Crippen molar-refractivity contribution in [1.29, 1.82) is 0 Å². The van der Waals surface area contributed by atoms with E-state index in [0.717, 1.165) is 6.20 Å². The Bertz CT molecular complexity index is 184. The van der Waals surface area contributed by atoms with E-state index in [4.69, 9.17) is 20.4 Å². The maximum atomic E-state index is 10.8. The summed E-state index contributed by atoms with van der Waals surface area (Å²) in [7, 11) is 0. The van der Waals surface area contributed by atoms with Gasteiger partial charge in [-0.25, -0.2) is 0 Å². The summed E-state index contributed by atoms with van der Waals surface area (Å²) in [6, 6.07) is 0. The number of hydrogen-bond acceptors (Lipinski definition) is 5. The van der Waals surface area contributed by atoms with Gasteiger partial charge in [-0.3, -0.25) is 4.79 Å². The molecule has 0 unspecified atom stereocenters. The third kappa shape index (κ3) is 3.51. The van der Waals surface area contributed by atoms with E-state index in [-0.39, 0.29) is 0 Å². The van der Waals surface area contributed by atoms with Gasteiger partial charge in [0.25, 0.3) is 5.91 Å². The van der Waals surface area contributed by atoms with E-state index in [1.807, 2.05) is 5.32 Å². The average Bonchev–Trinajstić information content (AvgIpc) is 2.14. The normalized spacial score (nSPS) is 17.2. The Balaban J connectivity index is 4.15. The lowest BCUT2D eigenvalue weighted by Gasteiger charge is -2.19. The number of nitrogens with one attached hydrogen (secondary N) is 1. The number of hydrogen-bond donors (Lipinski definition) is 5. The summed E-state index contributed by atoms with van der Waals surface area (Å²) in [4.78, 5) is 10.8. The number of aliphatic hydroxyl groups excluding tert-OH is 4. The second-order valence-electron chi connectivity index (χ2n) is 2.40. The average molecular weight is 191 g/mol. The Hall–Kier alpha value is -0.950. The van der Waals surface area contributed by atoms with Crippen molar-refractivity contribution in [2.75, 3.05) is 6.61 Å². The van der Waals surface area contributed by atoms with Crippen LogP contribution in [0.1, 0.15) is 0 Å². The third-order valence-corrected chi connectivity index (χ3v) is 1.42. The van der Waals surface area contributed by atoms with Crippen molar-refractivity contribution < 1.29 is 25.2 Å². The molecule has 13 heavy (non-hydrogen) atoms. The molecule has 0 heterocycles. The molecule has 6 heteroatoms. The molecule has 6 nitrogen and oxygen atoms in total. The van der Waals surface area contributed by atoms with E-state index in [0.29, 0.717) is 0 Å². The molecule has 0 aliphatic rings. The van der Waals surface area contributed by atoms with Crippen LogP contribution in [0.4, 0.5) is 0 Å². The zero-order chi connectivity index (χ0) is 10.4. The SMILES string of the molecule is C=CNC(=O)[C@H](O)[C@@H](O)[C@H](O)CO. The molecule has 0 saturated heterocycles. The Morgan fingerprint density at radius 2 is 2.00 bits per heavy atom. The predicted octanol–water partition coefficient (Wildman–Crippen LogP) is -2.68. The maximum Gasteiger partial charge on any atom is 0.255 e. The van der Waals surface area contributed by atoms with E-state index in [1.165, 1.54) is 0 Å². The van der Waals surface area contributed by atoms with Crippen LogP contribution >= 0.6 is 0 Å². The first kappa shape index (κ1) is 12.0. The van der Waals surface area contributed by atoms with Gasteiger partial charge in [-0.15, -0.1) is 0 Å². The molecule has 0 aliphatic carbocycles. The van der Waals surface area contributed by atoms with Crippen molar-refractivity contribution in [3.05, 3.63) is 12.8 Å². The second kappa shape index (κ2) is 5.65. The van der Waals surface area contributed by atoms with Crippen LogP contribution < -0.4 is 5.32 Å². The molecule has 0 aliphatic heterocycles. The smallest absolute Gasteiger partial charge is 0.255 e. The van der Waals surface area contributed by atoms with Crippen LogP contribution in [-0.2, 0) is 4.79 Å². The molecule has 0 bridgehead atoms. The van der Waals surface area contributed by atoms with Gasteiger partial charge in [0.1, 0.15) is 12.2 Å². The molecule has 76 valence electrons. The Morgan fingerprint density at radius 3 is 2.38 bits per heavy atom. The molecular weight excluding hydrogens is 178 g/mol. The first-order valence-corrected chi connectivity index (χ1v) is 3.61. The number of aliphatic hydroxyl groups is 4. The van der Waals surface area contributed by atoms with Crippen LogP contribution in [0.25, 0.3) is 0 Å². The summed E-state index contributed by atoms with van der Waals surface area (Å²) in [5.74, 6) is -0.894. The zero-order valence-electron chi connectivity index (χ0n) is 6.92. The molecule has 0 fully saturated rings. The highest BCUT2D eigenvalue weighted by Gasteiger charge is 2.29. The fourth-order valence-corrected chi connectivity index (χ4v) is 0.659. The number of carbonyl (C=O) groups excluding carboxylic acids is 1. The fourth-order valence-electron chi connectivity index (χ4n) is 0.659. The zero-order valence-corrected chi connectivity index (χ0v) is 6.92. The van der Waals surface area contributed by atoms with Crippen LogP contribution in [0.3, 0.4) is 0 Å². The first-order valence-electron chi connectivity index (χ1n) is 3.61. The highest BCUT2D eigenvalue weighted by molar-refractivity contribution is 5.81. The monoisotopic (exact) mass is 191 g/mol. The molecule has 0 aromatic heterocycles. The van der Waals surface area contributed by atoms with E-state index in [2.05, 4.69) is 6.58 Å². The summed E-state index contributed by atoms with van der Waals surface area (Å²) in [6.07, 6.45) is -4.03. The molecule has 0 aromatic carbocycles. The van der Waals surface area contributed by atoms with Gasteiger partial charge >= 0.3 is 0 Å². The van der Waals surface area contributed by atoms with Crippen molar-refractivity contribution >= 4 is 5.91 Å². The molecule has 0 spiro atoms. The lowest BCUT2D eigenvalue weighted by atomic mass is 10.1. The number of amides is 1. The lowest BCUT2D eigenvalue weighted by molar-refractivity contribution is -0.141. The van der Waals surface area contributed by atoms with E-state index < -0.39 is 30.8 Å². The number of carbonyl (C=O) groups is 1. The summed E-state index contributed by atoms with van der Waals surface area (Å²) < 4.78 is 0. The molecule has 0 radical (unpaired) electrons. The van der Waals surface area contributed by atoms with Gasteiger partial charge in [-0.2, -0.15) is 0 Å². The van der Waals surface area contributed by atoms with Gasteiger partial charge in [0.05, 0.1) is 6.61 Å². The van der Waals surface area contributed by atoms with Crippen LogP contribution in [0.5, 0.6) is 0 Å². The lowest BCUT2D eigenvalue weighted by Crippen LogP contribution is -2.47. The van der Waals surface area contributed by atoms with Crippen molar-refractivity contribution in [3.63, 3.8) is 0 Å². The van der Waals surface area contributed by atoms with E-state index in [1.54, 1.807) is 0 Å². The topological polar surface area (TPSA) is 110 Å². The summed E-state index contributed by atoms with van der Waals surface area (Å²) in [5.41, 5.74) is 0. The van der Waals surface area contributed by atoms with Crippen LogP contribution in [0.15, 0.2) is 12.8 Å². The minimum absolute atomic E-state index is 0.737. The predicted molar refractivity (Wildman–Crippen MR) is 43.4 cm³/mol. The van der Waals surface area contributed by atoms with Gasteiger partial charge in [0.2, 0.25) is 0 Å². The fraction of sp³-hybridized carbons (Fsp3) is 0.571. The Morgan fingerprint density at radius 1 is 1.46 bits per heavy atom. The molecule has 0 rings (SSSR count). The Kier molecular flexibility index (Phi) is 5.24. The Labute approximate surface area is 75.1 Å². The van der Waals surface area contributed by atoms with Gasteiger partial charge < -0.3 is 25.7 Å². The van der Waals surface area contributed by atoms with Crippen molar-refractivity contribution in [1.82, 2.24) is 5.32 Å². The highest BCUT2D eigenvalue weighted by Crippen LogP contribution is 1.99. The summed E-state index contributed by atoms with van der Waals surface area (Å²) in [6.45, 7) is 2.43. The van der Waals surface area contributed by atoms with Crippen LogP contribution in [0, 0.1) is 0 Å². The maximum absolute atomic E-state index is 10.8. The molecule has 0 aromatic rings. The second-order valence-corrected chi connectivity index (χ2v) is 2.40. The first-order chi connectivity index (χ1) is 6.04. The van der Waals surface area contributed by atoms with Crippen molar-refractivity contribution in [2.24, 2.45) is 0 Å². The van der Waals surface area contributed by atoms with Crippen molar-refractivity contribution in [2.45, 2.75) is 18.3 Å². The quantitative estimate of drug-likeness (QED) is 0.325. The van der Waals surface area contributed by atoms with E-state index >= 15 is 0 Å². The van der Waals surface area contributed by atoms with Crippen LogP contribution in [0.2, 0.25) is 0 Å². The van der Waals surface area contributed by atoms with Crippen LogP contribution in [-0.4, -0.2) is 51.3 Å². The largest absolute Gasteiger partial charge is 0.394 e. The standard InChI is InChI=1S/C7H13NO5/c1-2-8-7(13)6(12)5(11)4(10)3-9/h2,4-6,9-12H,1,3H2,(H,8,13)/t4-,5+,6-/m1/s1. The van der Waals surface area contributed by atoms with Gasteiger partial charge in [-0.1, -0.05) is 6.58 Å². The highest BCUT2D eigenvalue weighted by atomic mass is 16.4.